The molecule has 1 saturated heterocycles. The third kappa shape index (κ3) is 6.00. The first kappa shape index (κ1) is 19.2. The van der Waals surface area contributed by atoms with Crippen LogP contribution in [0.3, 0.4) is 0 Å². The van der Waals surface area contributed by atoms with E-state index in [1.54, 1.807) is 6.92 Å². The second-order valence-electron chi connectivity index (χ2n) is 6.88. The average molecular weight is 367 g/mol. The van der Waals surface area contributed by atoms with Crippen LogP contribution in [0.25, 0.3) is 0 Å². The van der Waals surface area contributed by atoms with Crippen LogP contribution in [-0.4, -0.2) is 56.2 Å². The van der Waals surface area contributed by atoms with Crippen molar-refractivity contribution >= 4 is 11.6 Å². The Morgan fingerprint density at radius 2 is 1.63 bits per heavy atom. The first-order valence-corrected chi connectivity index (χ1v) is 9.74. The SMILES string of the molecule is CC(Oc1ccccc1)C(=O)NCCCN1CCN(c2ccccc2)CC1. The Balaban J connectivity index is 1.30. The molecule has 3 rings (SSSR count). The van der Waals surface area contributed by atoms with Crippen molar-refractivity contribution < 1.29 is 9.53 Å². The van der Waals surface area contributed by atoms with Crippen molar-refractivity contribution in [2.75, 3.05) is 44.2 Å². The molecule has 27 heavy (non-hydrogen) atoms. The molecule has 1 amide bonds. The molecule has 1 fully saturated rings. The van der Waals surface area contributed by atoms with Crippen molar-refractivity contribution in [1.82, 2.24) is 10.2 Å². The Bertz CT molecular complexity index is 685. The maximum atomic E-state index is 12.1. The van der Waals surface area contributed by atoms with Crippen LogP contribution in [-0.2, 0) is 4.79 Å². The molecule has 2 aromatic rings. The number of nitrogens with zero attached hydrogens (tertiary/aromatic N) is 2. The van der Waals surface area contributed by atoms with E-state index in [9.17, 15) is 4.79 Å². The van der Waals surface area contributed by atoms with Gasteiger partial charge in [0.15, 0.2) is 6.10 Å². The van der Waals surface area contributed by atoms with Gasteiger partial charge >= 0.3 is 0 Å². The summed E-state index contributed by atoms with van der Waals surface area (Å²) in [6, 6.07) is 20.0. The van der Waals surface area contributed by atoms with Crippen LogP contribution in [0.4, 0.5) is 5.69 Å². The molecule has 0 bridgehead atoms. The van der Waals surface area contributed by atoms with Crippen LogP contribution >= 0.6 is 0 Å². The molecule has 0 aliphatic carbocycles. The molecule has 1 aliphatic heterocycles. The summed E-state index contributed by atoms with van der Waals surface area (Å²) in [4.78, 5) is 17.0. The zero-order chi connectivity index (χ0) is 18.9. The topological polar surface area (TPSA) is 44.8 Å². The highest BCUT2D eigenvalue weighted by Crippen LogP contribution is 2.15. The zero-order valence-corrected chi connectivity index (χ0v) is 16.0. The minimum atomic E-state index is -0.484. The fourth-order valence-corrected chi connectivity index (χ4v) is 3.28. The summed E-state index contributed by atoms with van der Waals surface area (Å²) in [5.41, 5.74) is 1.30. The summed E-state index contributed by atoms with van der Waals surface area (Å²) in [5, 5.41) is 2.98. The molecular formula is C22H29N3O2. The van der Waals surface area contributed by atoms with Gasteiger partial charge in [0.2, 0.25) is 0 Å². The van der Waals surface area contributed by atoms with Crippen molar-refractivity contribution in [3.05, 3.63) is 60.7 Å². The van der Waals surface area contributed by atoms with Gasteiger partial charge in [0.25, 0.3) is 5.91 Å². The van der Waals surface area contributed by atoms with E-state index < -0.39 is 6.10 Å². The molecule has 1 unspecified atom stereocenters. The lowest BCUT2D eigenvalue weighted by molar-refractivity contribution is -0.127. The van der Waals surface area contributed by atoms with Gasteiger partial charge in [-0.15, -0.1) is 0 Å². The molecule has 0 aromatic heterocycles. The van der Waals surface area contributed by atoms with E-state index in [1.807, 2.05) is 30.3 Å². The van der Waals surface area contributed by atoms with E-state index in [2.05, 4.69) is 45.4 Å². The monoisotopic (exact) mass is 367 g/mol. The van der Waals surface area contributed by atoms with Gasteiger partial charge in [-0.05, 0) is 44.2 Å². The summed E-state index contributed by atoms with van der Waals surface area (Å²) in [6.45, 7) is 7.71. The van der Waals surface area contributed by atoms with Crippen molar-refractivity contribution in [1.29, 1.82) is 0 Å². The molecule has 1 N–H and O–H groups in total. The van der Waals surface area contributed by atoms with Crippen molar-refractivity contribution in [2.24, 2.45) is 0 Å². The van der Waals surface area contributed by atoms with E-state index in [0.717, 1.165) is 44.9 Å². The molecule has 1 aliphatic rings. The number of piperazine rings is 1. The number of nitrogens with one attached hydrogen (secondary N) is 1. The Hall–Kier alpha value is -2.53. The lowest BCUT2D eigenvalue weighted by atomic mass is 10.2. The predicted molar refractivity (Wildman–Crippen MR) is 109 cm³/mol. The maximum Gasteiger partial charge on any atom is 0.260 e. The highest BCUT2D eigenvalue weighted by Gasteiger charge is 2.17. The van der Waals surface area contributed by atoms with E-state index in [0.29, 0.717) is 6.54 Å². The van der Waals surface area contributed by atoms with Gasteiger partial charge in [0, 0.05) is 38.4 Å². The molecular weight excluding hydrogens is 338 g/mol. The van der Waals surface area contributed by atoms with Gasteiger partial charge < -0.3 is 15.0 Å². The van der Waals surface area contributed by atoms with Crippen molar-refractivity contribution in [2.45, 2.75) is 19.4 Å². The average Bonchev–Trinajstić information content (AvgIpc) is 2.73. The largest absolute Gasteiger partial charge is 0.481 e. The van der Waals surface area contributed by atoms with Gasteiger partial charge in [0.05, 0.1) is 0 Å². The quantitative estimate of drug-likeness (QED) is 0.729. The maximum absolute atomic E-state index is 12.1. The zero-order valence-electron chi connectivity index (χ0n) is 16.0. The van der Waals surface area contributed by atoms with Crippen LogP contribution in [0, 0.1) is 0 Å². The number of anilines is 1. The van der Waals surface area contributed by atoms with Gasteiger partial charge in [-0.25, -0.2) is 0 Å². The standard InChI is InChI=1S/C22H29N3O2/c1-19(27-21-11-6-3-7-12-21)22(26)23-13-8-14-24-15-17-25(18-16-24)20-9-4-2-5-10-20/h2-7,9-12,19H,8,13-18H2,1H3,(H,23,26). The highest BCUT2D eigenvalue weighted by molar-refractivity contribution is 5.80. The van der Waals surface area contributed by atoms with Crippen molar-refractivity contribution in [3.63, 3.8) is 0 Å². The molecule has 1 heterocycles. The number of amides is 1. The molecule has 5 heteroatoms. The summed E-state index contributed by atoms with van der Waals surface area (Å²) in [5.74, 6) is 0.657. The molecule has 0 radical (unpaired) electrons. The number of carbonyl (C=O) groups is 1. The minimum Gasteiger partial charge on any atom is -0.481 e. The number of hydrogen-bond donors (Lipinski definition) is 1. The number of rotatable bonds is 8. The van der Waals surface area contributed by atoms with Gasteiger partial charge in [-0.1, -0.05) is 36.4 Å². The van der Waals surface area contributed by atoms with Crippen LogP contribution in [0.1, 0.15) is 13.3 Å². The number of hydrogen-bond acceptors (Lipinski definition) is 4. The minimum absolute atomic E-state index is 0.0623. The van der Waals surface area contributed by atoms with Crippen LogP contribution in [0.15, 0.2) is 60.7 Å². The smallest absolute Gasteiger partial charge is 0.260 e. The number of para-hydroxylation sites is 2. The van der Waals surface area contributed by atoms with Gasteiger partial charge in [-0.2, -0.15) is 0 Å². The molecule has 2 aromatic carbocycles. The van der Waals surface area contributed by atoms with E-state index >= 15 is 0 Å². The second-order valence-corrected chi connectivity index (χ2v) is 6.88. The van der Waals surface area contributed by atoms with Crippen LogP contribution in [0.2, 0.25) is 0 Å². The van der Waals surface area contributed by atoms with Crippen LogP contribution in [0.5, 0.6) is 5.75 Å². The molecule has 0 spiro atoms. The Kier molecular flexibility index (Phi) is 7.11. The Morgan fingerprint density at radius 1 is 1.00 bits per heavy atom. The van der Waals surface area contributed by atoms with E-state index in [1.165, 1.54) is 5.69 Å². The number of benzene rings is 2. The number of ether oxygens (including phenoxy) is 1. The highest BCUT2D eigenvalue weighted by atomic mass is 16.5. The summed E-state index contributed by atoms with van der Waals surface area (Å²) >= 11 is 0. The van der Waals surface area contributed by atoms with Crippen LogP contribution < -0.4 is 15.0 Å². The normalized spacial score (nSPS) is 16.0. The van der Waals surface area contributed by atoms with Gasteiger partial charge in [-0.3, -0.25) is 9.69 Å². The van der Waals surface area contributed by atoms with E-state index in [-0.39, 0.29) is 5.91 Å². The number of carbonyl (C=O) groups excluding carboxylic acids is 1. The summed E-state index contributed by atoms with van der Waals surface area (Å²) in [7, 11) is 0. The third-order valence-corrected chi connectivity index (χ3v) is 4.87. The Morgan fingerprint density at radius 3 is 2.30 bits per heavy atom. The molecule has 144 valence electrons. The first-order chi connectivity index (χ1) is 13.2. The lowest BCUT2D eigenvalue weighted by Gasteiger charge is -2.36. The van der Waals surface area contributed by atoms with E-state index in [4.69, 9.17) is 4.74 Å². The third-order valence-electron chi connectivity index (χ3n) is 4.87. The van der Waals surface area contributed by atoms with Crippen molar-refractivity contribution in [3.8, 4) is 5.75 Å². The Labute approximate surface area is 161 Å². The predicted octanol–water partition coefficient (Wildman–Crippen LogP) is 2.78. The second kappa shape index (κ2) is 9.97. The lowest BCUT2D eigenvalue weighted by Crippen LogP contribution is -2.47. The molecule has 0 saturated carbocycles. The summed E-state index contributed by atoms with van der Waals surface area (Å²) in [6.07, 6.45) is 0.469. The first-order valence-electron chi connectivity index (χ1n) is 9.74. The molecule has 5 nitrogen and oxygen atoms in total. The fraction of sp³-hybridized carbons (Fsp3) is 0.409. The summed E-state index contributed by atoms with van der Waals surface area (Å²) < 4.78 is 5.65. The van der Waals surface area contributed by atoms with Gasteiger partial charge in [0.1, 0.15) is 5.75 Å². The molecule has 1 atom stereocenters. The fourth-order valence-electron chi connectivity index (χ4n) is 3.28.